The summed E-state index contributed by atoms with van der Waals surface area (Å²) in [5.41, 5.74) is 5.17. The van der Waals surface area contributed by atoms with Crippen molar-refractivity contribution in [1.82, 2.24) is 15.5 Å². The monoisotopic (exact) mass is 257 g/mol. The van der Waals surface area contributed by atoms with Gasteiger partial charge in [0.1, 0.15) is 0 Å². The van der Waals surface area contributed by atoms with E-state index >= 15 is 0 Å². The van der Waals surface area contributed by atoms with E-state index in [0.717, 1.165) is 19.4 Å². The minimum absolute atomic E-state index is 0.408. The minimum atomic E-state index is 0.408. The summed E-state index contributed by atoms with van der Waals surface area (Å²) in [6.45, 7) is 7.44. The highest BCUT2D eigenvalue weighted by molar-refractivity contribution is 5.23. The zero-order valence-corrected chi connectivity index (χ0v) is 12.0. The third-order valence-electron chi connectivity index (χ3n) is 3.59. The van der Waals surface area contributed by atoms with Crippen LogP contribution in [0.1, 0.15) is 41.8 Å². The van der Waals surface area contributed by atoms with E-state index in [9.17, 15) is 0 Å². The molecule has 0 saturated carbocycles. The molecule has 3 nitrogen and oxygen atoms in total. The maximum atomic E-state index is 4.05. The van der Waals surface area contributed by atoms with Crippen molar-refractivity contribution in [3.05, 3.63) is 52.8 Å². The number of nitrogens with zero attached hydrogens (tertiary/aromatic N) is 1. The van der Waals surface area contributed by atoms with Gasteiger partial charge in [-0.15, -0.1) is 0 Å². The van der Waals surface area contributed by atoms with Gasteiger partial charge in [0.05, 0.1) is 6.20 Å². The van der Waals surface area contributed by atoms with Crippen molar-refractivity contribution in [1.29, 1.82) is 0 Å². The molecule has 2 aromatic rings. The molecular formula is C16H23N3. The molecule has 0 spiro atoms. The van der Waals surface area contributed by atoms with E-state index in [2.05, 4.69) is 60.6 Å². The molecular weight excluding hydrogens is 234 g/mol. The predicted octanol–water partition coefficient (Wildman–Crippen LogP) is 3.31. The molecule has 0 aliphatic carbocycles. The van der Waals surface area contributed by atoms with Crippen LogP contribution in [0.5, 0.6) is 0 Å². The van der Waals surface area contributed by atoms with Gasteiger partial charge in [-0.05, 0) is 51.3 Å². The van der Waals surface area contributed by atoms with Crippen LogP contribution in [0.4, 0.5) is 0 Å². The van der Waals surface area contributed by atoms with Gasteiger partial charge in [0.15, 0.2) is 0 Å². The number of hydrogen-bond acceptors (Lipinski definition) is 2. The van der Waals surface area contributed by atoms with E-state index in [0.29, 0.717) is 6.04 Å². The summed E-state index contributed by atoms with van der Waals surface area (Å²) in [7, 11) is 0. The third-order valence-corrected chi connectivity index (χ3v) is 3.59. The van der Waals surface area contributed by atoms with Gasteiger partial charge in [-0.3, -0.25) is 5.10 Å². The van der Waals surface area contributed by atoms with E-state index in [4.69, 9.17) is 0 Å². The van der Waals surface area contributed by atoms with Gasteiger partial charge >= 0.3 is 0 Å². The third kappa shape index (κ3) is 3.93. The van der Waals surface area contributed by atoms with Crippen LogP contribution in [0.3, 0.4) is 0 Å². The first-order chi connectivity index (χ1) is 9.16. The lowest BCUT2D eigenvalue weighted by Crippen LogP contribution is -2.20. The van der Waals surface area contributed by atoms with Crippen LogP contribution in [0.15, 0.2) is 30.5 Å². The summed E-state index contributed by atoms with van der Waals surface area (Å²) < 4.78 is 0. The number of benzene rings is 1. The Morgan fingerprint density at radius 3 is 2.58 bits per heavy atom. The largest absolute Gasteiger partial charge is 0.310 e. The molecule has 0 saturated heterocycles. The fourth-order valence-corrected chi connectivity index (χ4v) is 2.20. The molecule has 0 fully saturated rings. The highest BCUT2D eigenvalue weighted by atomic mass is 15.1. The Balaban J connectivity index is 1.73. The van der Waals surface area contributed by atoms with Gasteiger partial charge < -0.3 is 5.32 Å². The van der Waals surface area contributed by atoms with Gasteiger partial charge in [-0.25, -0.2) is 0 Å². The Labute approximate surface area is 115 Å². The molecule has 1 aromatic heterocycles. The Kier molecular flexibility index (Phi) is 4.74. The van der Waals surface area contributed by atoms with Crippen molar-refractivity contribution in [3.8, 4) is 0 Å². The first-order valence-corrected chi connectivity index (χ1v) is 6.95. The Morgan fingerprint density at radius 1 is 1.21 bits per heavy atom. The molecule has 2 N–H and O–H groups in total. The summed E-state index contributed by atoms with van der Waals surface area (Å²) in [5.74, 6) is 0. The standard InChI is InChI=1S/C16H23N3/c1-12-6-8-15(9-7-12)13(2)17-10-4-5-16-11-18-19-14(16)3/h6-9,11,13,17H,4-5,10H2,1-3H3,(H,18,19). The van der Waals surface area contributed by atoms with Crippen LogP contribution in [0, 0.1) is 13.8 Å². The van der Waals surface area contributed by atoms with Gasteiger partial charge in [-0.2, -0.15) is 5.10 Å². The Morgan fingerprint density at radius 2 is 1.95 bits per heavy atom. The normalized spacial score (nSPS) is 12.6. The number of aromatic amines is 1. The summed E-state index contributed by atoms with van der Waals surface area (Å²) in [4.78, 5) is 0. The van der Waals surface area contributed by atoms with E-state index in [1.165, 1.54) is 22.4 Å². The van der Waals surface area contributed by atoms with Crippen molar-refractivity contribution in [2.24, 2.45) is 0 Å². The smallest absolute Gasteiger partial charge is 0.0522 e. The molecule has 3 heteroatoms. The predicted molar refractivity (Wildman–Crippen MR) is 79.2 cm³/mol. The van der Waals surface area contributed by atoms with E-state index in [-0.39, 0.29) is 0 Å². The van der Waals surface area contributed by atoms with Crippen LogP contribution in [0.2, 0.25) is 0 Å². The maximum absolute atomic E-state index is 4.05. The van der Waals surface area contributed by atoms with Crippen molar-refractivity contribution in [2.75, 3.05) is 6.54 Å². The highest BCUT2D eigenvalue weighted by Gasteiger charge is 2.04. The summed E-state index contributed by atoms with van der Waals surface area (Å²) >= 11 is 0. The molecule has 0 radical (unpaired) electrons. The maximum Gasteiger partial charge on any atom is 0.0522 e. The Hall–Kier alpha value is -1.61. The second-order valence-electron chi connectivity index (χ2n) is 5.21. The van der Waals surface area contributed by atoms with Crippen molar-refractivity contribution >= 4 is 0 Å². The topological polar surface area (TPSA) is 40.7 Å². The molecule has 2 rings (SSSR count). The van der Waals surface area contributed by atoms with Gasteiger partial charge in [0, 0.05) is 11.7 Å². The van der Waals surface area contributed by atoms with Gasteiger partial charge in [-0.1, -0.05) is 29.8 Å². The number of H-pyrrole nitrogens is 1. The van der Waals surface area contributed by atoms with Crippen molar-refractivity contribution in [3.63, 3.8) is 0 Å². The van der Waals surface area contributed by atoms with Crippen LogP contribution >= 0.6 is 0 Å². The SMILES string of the molecule is Cc1ccc(C(C)NCCCc2cn[nH]c2C)cc1. The number of hydrogen-bond donors (Lipinski definition) is 2. The summed E-state index contributed by atoms with van der Waals surface area (Å²) in [5, 5.41) is 10.6. The second kappa shape index (κ2) is 6.53. The fourth-order valence-electron chi connectivity index (χ4n) is 2.20. The van der Waals surface area contributed by atoms with Crippen LogP contribution in [-0.4, -0.2) is 16.7 Å². The number of aromatic nitrogens is 2. The first kappa shape index (κ1) is 13.8. The lowest BCUT2D eigenvalue weighted by molar-refractivity contribution is 0.558. The van der Waals surface area contributed by atoms with E-state index in [1.807, 2.05) is 6.20 Å². The summed E-state index contributed by atoms with van der Waals surface area (Å²) in [6.07, 6.45) is 4.14. The van der Waals surface area contributed by atoms with Gasteiger partial charge in [0.25, 0.3) is 0 Å². The zero-order valence-electron chi connectivity index (χ0n) is 12.0. The zero-order chi connectivity index (χ0) is 13.7. The number of nitrogens with one attached hydrogen (secondary N) is 2. The quantitative estimate of drug-likeness (QED) is 0.779. The van der Waals surface area contributed by atoms with Crippen LogP contribution < -0.4 is 5.32 Å². The molecule has 0 amide bonds. The fraction of sp³-hybridized carbons (Fsp3) is 0.438. The number of aryl methyl sites for hydroxylation is 3. The molecule has 0 aliphatic heterocycles. The van der Waals surface area contributed by atoms with E-state index in [1.54, 1.807) is 0 Å². The van der Waals surface area contributed by atoms with Crippen LogP contribution in [0.25, 0.3) is 0 Å². The molecule has 1 unspecified atom stereocenters. The first-order valence-electron chi connectivity index (χ1n) is 6.95. The minimum Gasteiger partial charge on any atom is -0.310 e. The molecule has 1 heterocycles. The molecule has 1 aromatic carbocycles. The molecule has 1 atom stereocenters. The Bertz CT molecular complexity index is 499. The average Bonchev–Trinajstić information content (AvgIpc) is 2.81. The molecule has 0 bridgehead atoms. The second-order valence-corrected chi connectivity index (χ2v) is 5.21. The van der Waals surface area contributed by atoms with Crippen LogP contribution in [-0.2, 0) is 6.42 Å². The highest BCUT2D eigenvalue weighted by Crippen LogP contribution is 2.13. The number of rotatable bonds is 6. The van der Waals surface area contributed by atoms with Gasteiger partial charge in [0.2, 0.25) is 0 Å². The molecule has 19 heavy (non-hydrogen) atoms. The van der Waals surface area contributed by atoms with Crippen molar-refractivity contribution < 1.29 is 0 Å². The average molecular weight is 257 g/mol. The van der Waals surface area contributed by atoms with E-state index < -0.39 is 0 Å². The van der Waals surface area contributed by atoms with Crippen molar-refractivity contribution in [2.45, 2.75) is 39.7 Å². The molecule has 102 valence electrons. The lowest BCUT2D eigenvalue weighted by atomic mass is 10.1. The summed E-state index contributed by atoms with van der Waals surface area (Å²) in [6, 6.07) is 9.15. The lowest BCUT2D eigenvalue weighted by Gasteiger charge is -2.14. The molecule has 0 aliphatic rings.